The van der Waals surface area contributed by atoms with Crippen molar-refractivity contribution in [1.29, 1.82) is 0 Å². The number of para-hydroxylation sites is 1. The van der Waals surface area contributed by atoms with Crippen LogP contribution in [0.15, 0.2) is 192 Å². The highest BCUT2D eigenvalue weighted by atomic mass is 32.1. The molecule has 0 atom stereocenters. The Kier molecular flexibility index (Phi) is 6.79. The van der Waals surface area contributed by atoms with Crippen molar-refractivity contribution >= 4 is 134 Å². The number of anilines is 3. The summed E-state index contributed by atoms with van der Waals surface area (Å²) in [5, 5.41) is 14.9. The molecular weight excluding hydrogens is 743 g/mol. The third-order valence-electron chi connectivity index (χ3n) is 12.0. The molecule has 2 nitrogen and oxygen atoms in total. The van der Waals surface area contributed by atoms with Crippen LogP contribution in [0, 0.1) is 0 Å². The molecule has 0 amide bonds. The summed E-state index contributed by atoms with van der Waals surface area (Å²) in [4.78, 5) is 2.47. The van der Waals surface area contributed by atoms with E-state index in [0.717, 1.165) is 33.6 Å². The average molecular weight is 774 g/mol. The first-order valence-corrected chi connectivity index (χ1v) is 21.3. The van der Waals surface area contributed by atoms with Crippen LogP contribution in [-0.2, 0) is 0 Å². The summed E-state index contributed by atoms with van der Waals surface area (Å²) in [7, 11) is 0. The Hall–Kier alpha value is -6.98. The van der Waals surface area contributed by atoms with Gasteiger partial charge in [-0.25, -0.2) is 0 Å². The molecule has 3 heterocycles. The van der Waals surface area contributed by atoms with E-state index in [-0.39, 0.29) is 0 Å². The van der Waals surface area contributed by atoms with Crippen molar-refractivity contribution in [1.82, 2.24) is 0 Å². The Morgan fingerprint density at radius 1 is 0.328 bits per heavy atom. The van der Waals surface area contributed by atoms with E-state index in [2.05, 4.69) is 187 Å². The Labute approximate surface area is 341 Å². The van der Waals surface area contributed by atoms with E-state index in [0.29, 0.717) is 0 Å². The fourth-order valence-corrected chi connectivity index (χ4v) is 11.7. The SMILES string of the molecule is c1ccc2c(N(c3ccc4sc5cccc(-c6cc7oc8ccccc8c7c7ccccc67)c5c4c3)c3ccc4sc5ccc6ccccc6c5c4c3)cccc2c1. The van der Waals surface area contributed by atoms with Gasteiger partial charge in [0.25, 0.3) is 0 Å². The van der Waals surface area contributed by atoms with Gasteiger partial charge in [-0.15, -0.1) is 22.7 Å². The highest BCUT2D eigenvalue weighted by molar-refractivity contribution is 7.26. The molecule has 10 aromatic carbocycles. The zero-order valence-electron chi connectivity index (χ0n) is 31.1. The number of thiophene rings is 2. The van der Waals surface area contributed by atoms with Crippen LogP contribution in [-0.4, -0.2) is 0 Å². The molecule has 0 unspecified atom stereocenters. The van der Waals surface area contributed by atoms with Crippen LogP contribution in [0.4, 0.5) is 17.1 Å². The maximum atomic E-state index is 6.56. The molecule has 0 saturated heterocycles. The van der Waals surface area contributed by atoms with Crippen molar-refractivity contribution in [3.63, 3.8) is 0 Å². The van der Waals surface area contributed by atoms with E-state index in [1.165, 1.54) is 89.2 Å². The maximum absolute atomic E-state index is 6.56. The minimum Gasteiger partial charge on any atom is -0.456 e. The lowest BCUT2D eigenvalue weighted by molar-refractivity contribution is 0.669. The molecule has 4 heteroatoms. The molecule has 0 fully saturated rings. The van der Waals surface area contributed by atoms with Gasteiger partial charge in [-0.2, -0.15) is 0 Å². The smallest absolute Gasteiger partial charge is 0.136 e. The van der Waals surface area contributed by atoms with Gasteiger partial charge in [-0.3, -0.25) is 0 Å². The molecule has 0 aliphatic heterocycles. The summed E-state index contributed by atoms with van der Waals surface area (Å²) >= 11 is 3.74. The van der Waals surface area contributed by atoms with E-state index >= 15 is 0 Å². The molecular formula is C54H31NOS2. The van der Waals surface area contributed by atoms with Crippen LogP contribution >= 0.6 is 22.7 Å². The van der Waals surface area contributed by atoms with Crippen molar-refractivity contribution in [3.05, 3.63) is 188 Å². The van der Waals surface area contributed by atoms with Gasteiger partial charge in [-0.05, 0) is 105 Å². The second-order valence-electron chi connectivity index (χ2n) is 15.2. The summed E-state index contributed by atoms with van der Waals surface area (Å²) in [6, 6.07) is 69.0. The molecule has 13 aromatic rings. The lowest BCUT2D eigenvalue weighted by Gasteiger charge is -2.27. The topological polar surface area (TPSA) is 16.4 Å². The largest absolute Gasteiger partial charge is 0.456 e. The molecule has 0 spiro atoms. The van der Waals surface area contributed by atoms with Crippen molar-refractivity contribution in [2.45, 2.75) is 0 Å². The van der Waals surface area contributed by atoms with Gasteiger partial charge in [0.15, 0.2) is 0 Å². The van der Waals surface area contributed by atoms with E-state index in [1.54, 1.807) is 0 Å². The summed E-state index contributed by atoms with van der Waals surface area (Å²) in [5.74, 6) is 0. The summed E-state index contributed by atoms with van der Waals surface area (Å²) in [6.07, 6.45) is 0. The third-order valence-corrected chi connectivity index (χ3v) is 14.3. The molecule has 58 heavy (non-hydrogen) atoms. The van der Waals surface area contributed by atoms with Crippen molar-refractivity contribution in [3.8, 4) is 11.1 Å². The second-order valence-corrected chi connectivity index (χ2v) is 17.3. The van der Waals surface area contributed by atoms with Crippen molar-refractivity contribution in [2.75, 3.05) is 4.90 Å². The fourth-order valence-electron chi connectivity index (χ4n) is 9.49. The number of furan rings is 1. The van der Waals surface area contributed by atoms with Gasteiger partial charge in [0.05, 0.1) is 5.69 Å². The fraction of sp³-hybridized carbons (Fsp3) is 0. The number of fused-ring (bicyclic) bond motifs is 14. The van der Waals surface area contributed by atoms with E-state index < -0.39 is 0 Å². The normalized spacial score (nSPS) is 12.1. The van der Waals surface area contributed by atoms with Crippen LogP contribution in [0.5, 0.6) is 0 Å². The highest BCUT2D eigenvalue weighted by Crippen LogP contribution is 2.49. The summed E-state index contributed by atoms with van der Waals surface area (Å²) in [6.45, 7) is 0. The Morgan fingerprint density at radius 2 is 0.914 bits per heavy atom. The van der Waals surface area contributed by atoms with Crippen molar-refractivity contribution < 1.29 is 4.42 Å². The van der Waals surface area contributed by atoms with Gasteiger partial charge in [0, 0.05) is 67.9 Å². The molecule has 0 aliphatic carbocycles. The van der Waals surface area contributed by atoms with E-state index in [4.69, 9.17) is 4.42 Å². The molecule has 0 N–H and O–H groups in total. The predicted octanol–water partition coefficient (Wildman–Crippen LogP) is 16.9. The summed E-state index contributed by atoms with van der Waals surface area (Å²) in [5.41, 5.74) is 7.65. The highest BCUT2D eigenvalue weighted by Gasteiger charge is 2.21. The Bertz CT molecular complexity index is 3820. The molecule has 270 valence electrons. The van der Waals surface area contributed by atoms with Gasteiger partial charge in [0.1, 0.15) is 11.2 Å². The molecule has 0 aliphatic rings. The van der Waals surface area contributed by atoms with Gasteiger partial charge >= 0.3 is 0 Å². The van der Waals surface area contributed by atoms with Gasteiger partial charge in [-0.1, -0.05) is 121 Å². The number of hydrogen-bond acceptors (Lipinski definition) is 4. The number of hydrogen-bond donors (Lipinski definition) is 0. The minimum atomic E-state index is 0.915. The predicted molar refractivity (Wildman–Crippen MR) is 252 cm³/mol. The monoisotopic (exact) mass is 773 g/mol. The summed E-state index contributed by atoms with van der Waals surface area (Å²) < 4.78 is 11.7. The Balaban J connectivity index is 1.08. The maximum Gasteiger partial charge on any atom is 0.136 e. The van der Waals surface area contributed by atoms with Crippen LogP contribution in [0.2, 0.25) is 0 Å². The molecule has 13 rings (SSSR count). The van der Waals surface area contributed by atoms with Crippen molar-refractivity contribution in [2.24, 2.45) is 0 Å². The lowest BCUT2D eigenvalue weighted by atomic mass is 9.92. The second kappa shape index (κ2) is 12.3. The molecule has 3 aromatic heterocycles. The van der Waals surface area contributed by atoms with Crippen LogP contribution in [0.3, 0.4) is 0 Å². The zero-order valence-corrected chi connectivity index (χ0v) is 32.7. The lowest BCUT2D eigenvalue weighted by Crippen LogP contribution is -2.10. The zero-order chi connectivity index (χ0) is 37.9. The average Bonchev–Trinajstić information content (AvgIpc) is 3.97. The molecule has 0 bridgehead atoms. The molecule has 0 saturated carbocycles. The quantitative estimate of drug-likeness (QED) is 0.177. The van der Waals surface area contributed by atoms with Gasteiger partial charge in [0.2, 0.25) is 0 Å². The van der Waals surface area contributed by atoms with Gasteiger partial charge < -0.3 is 9.32 Å². The number of rotatable bonds is 4. The third kappa shape index (κ3) is 4.64. The van der Waals surface area contributed by atoms with Crippen LogP contribution in [0.25, 0.3) is 106 Å². The van der Waals surface area contributed by atoms with Crippen LogP contribution < -0.4 is 4.90 Å². The minimum absolute atomic E-state index is 0.915. The number of benzene rings is 10. The van der Waals surface area contributed by atoms with E-state index in [1.807, 2.05) is 28.7 Å². The first-order valence-electron chi connectivity index (χ1n) is 19.7. The standard InChI is InChI=1S/C54H31NOS2/c1-3-14-36-32(11-1)13-9-20-45(36)55(34-24-27-48-43(29-34)53-37-15-4-2-12-33(37)23-26-51(53)58-48)35-25-28-49-44(30-35)54-40(19-10-22-50(54)57-49)42-31-47-52(39-17-6-5-16-38(39)42)41-18-7-8-21-46(41)56-47/h1-31H. The first kappa shape index (κ1) is 32.1. The van der Waals surface area contributed by atoms with E-state index in [9.17, 15) is 0 Å². The first-order chi connectivity index (χ1) is 28.7. The molecule has 0 radical (unpaired) electrons. The number of nitrogens with zero attached hydrogens (tertiary/aromatic N) is 1. The van der Waals surface area contributed by atoms with Crippen LogP contribution in [0.1, 0.15) is 0 Å². The Morgan fingerprint density at radius 3 is 1.71 bits per heavy atom.